The zero-order valence-corrected chi connectivity index (χ0v) is 11.7. The minimum atomic E-state index is -0.208. The maximum absolute atomic E-state index is 12.0. The number of hydrogen-bond acceptors (Lipinski definition) is 3. The molecule has 0 fully saturated rings. The Morgan fingerprint density at radius 2 is 2.28 bits per heavy atom. The number of aromatic amines is 1. The van der Waals surface area contributed by atoms with Crippen LogP contribution in [0.5, 0.6) is 0 Å². The summed E-state index contributed by atoms with van der Waals surface area (Å²) in [6, 6.07) is 5.29. The number of halogens is 1. The first-order chi connectivity index (χ1) is 8.58. The molecular formula is C12H13BrN4O. The molecule has 1 amide bonds. The number of rotatable bonds is 3. The van der Waals surface area contributed by atoms with Crippen molar-refractivity contribution >= 4 is 21.8 Å². The average Bonchev–Trinajstić information content (AvgIpc) is 2.86. The fraction of sp³-hybridized carbons (Fsp3) is 0.250. The van der Waals surface area contributed by atoms with Gasteiger partial charge in [-0.25, -0.2) is 4.98 Å². The van der Waals surface area contributed by atoms with Gasteiger partial charge in [0.15, 0.2) is 0 Å². The number of amides is 1. The van der Waals surface area contributed by atoms with Gasteiger partial charge in [-0.3, -0.25) is 9.89 Å². The van der Waals surface area contributed by atoms with E-state index in [-0.39, 0.29) is 11.9 Å². The van der Waals surface area contributed by atoms with Crippen LogP contribution >= 0.6 is 15.9 Å². The Kier molecular flexibility index (Phi) is 3.76. The van der Waals surface area contributed by atoms with E-state index in [2.05, 4.69) is 36.4 Å². The molecule has 0 aliphatic rings. The number of carbonyl (C=O) groups is 1. The molecule has 1 unspecified atom stereocenters. The van der Waals surface area contributed by atoms with Crippen LogP contribution in [0.25, 0.3) is 0 Å². The van der Waals surface area contributed by atoms with Gasteiger partial charge in [0.1, 0.15) is 12.2 Å². The third-order valence-electron chi connectivity index (χ3n) is 2.63. The van der Waals surface area contributed by atoms with Crippen LogP contribution in [0.4, 0.5) is 0 Å². The van der Waals surface area contributed by atoms with Crippen LogP contribution in [0, 0.1) is 6.92 Å². The fourth-order valence-corrected chi connectivity index (χ4v) is 1.88. The van der Waals surface area contributed by atoms with Crippen molar-refractivity contribution in [1.29, 1.82) is 0 Å². The number of aryl methyl sites for hydroxylation is 1. The van der Waals surface area contributed by atoms with E-state index >= 15 is 0 Å². The molecule has 5 nitrogen and oxygen atoms in total. The molecule has 0 saturated carbocycles. The average molecular weight is 309 g/mol. The second kappa shape index (κ2) is 5.30. The maximum atomic E-state index is 12.0. The highest BCUT2D eigenvalue weighted by molar-refractivity contribution is 9.10. The van der Waals surface area contributed by atoms with E-state index in [0.29, 0.717) is 11.4 Å². The van der Waals surface area contributed by atoms with Gasteiger partial charge in [0, 0.05) is 10.0 Å². The summed E-state index contributed by atoms with van der Waals surface area (Å²) in [4.78, 5) is 16.0. The first-order valence-corrected chi connectivity index (χ1v) is 6.29. The molecule has 2 rings (SSSR count). The quantitative estimate of drug-likeness (QED) is 0.914. The molecule has 2 N–H and O–H groups in total. The predicted octanol–water partition coefficient (Wildman–Crippen LogP) is 2.37. The highest BCUT2D eigenvalue weighted by Gasteiger charge is 2.13. The van der Waals surface area contributed by atoms with Crippen molar-refractivity contribution in [1.82, 2.24) is 20.5 Å². The minimum absolute atomic E-state index is 0.139. The van der Waals surface area contributed by atoms with Crippen molar-refractivity contribution in [2.75, 3.05) is 0 Å². The van der Waals surface area contributed by atoms with Crippen molar-refractivity contribution in [3.63, 3.8) is 0 Å². The van der Waals surface area contributed by atoms with Crippen LogP contribution in [0.2, 0.25) is 0 Å². The molecule has 0 aliphatic heterocycles. The summed E-state index contributed by atoms with van der Waals surface area (Å²) in [5.41, 5.74) is 1.70. The van der Waals surface area contributed by atoms with Crippen molar-refractivity contribution in [2.24, 2.45) is 0 Å². The van der Waals surface area contributed by atoms with Crippen LogP contribution in [-0.2, 0) is 0 Å². The lowest BCUT2D eigenvalue weighted by atomic mass is 10.1. The number of H-pyrrole nitrogens is 1. The van der Waals surface area contributed by atoms with Gasteiger partial charge >= 0.3 is 0 Å². The Morgan fingerprint density at radius 3 is 2.89 bits per heavy atom. The fourth-order valence-electron chi connectivity index (χ4n) is 1.51. The second-order valence-corrected chi connectivity index (χ2v) is 4.88. The smallest absolute Gasteiger partial charge is 0.251 e. The first kappa shape index (κ1) is 12.8. The zero-order chi connectivity index (χ0) is 13.1. The van der Waals surface area contributed by atoms with Gasteiger partial charge in [0.05, 0.1) is 6.04 Å². The topological polar surface area (TPSA) is 70.7 Å². The highest BCUT2D eigenvalue weighted by atomic mass is 79.9. The Labute approximate surface area is 113 Å². The summed E-state index contributed by atoms with van der Waals surface area (Å²) >= 11 is 3.41. The van der Waals surface area contributed by atoms with Gasteiger partial charge in [-0.05, 0) is 31.5 Å². The molecule has 0 aliphatic carbocycles. The van der Waals surface area contributed by atoms with Gasteiger partial charge in [-0.1, -0.05) is 22.0 Å². The molecule has 1 heterocycles. The lowest BCUT2D eigenvalue weighted by Crippen LogP contribution is -2.27. The third kappa shape index (κ3) is 2.76. The molecule has 18 heavy (non-hydrogen) atoms. The standard InChI is InChI=1S/C12H13BrN4O/c1-7-3-4-9(5-10(7)13)12(18)16-8(2)11-14-6-15-17-11/h3-6,8H,1-2H3,(H,16,18)(H,14,15,17). The van der Waals surface area contributed by atoms with Gasteiger partial charge in [0.25, 0.3) is 5.91 Å². The number of nitrogens with zero attached hydrogens (tertiary/aromatic N) is 2. The van der Waals surface area contributed by atoms with Crippen molar-refractivity contribution in [3.05, 3.63) is 46.0 Å². The molecular weight excluding hydrogens is 296 g/mol. The maximum Gasteiger partial charge on any atom is 0.251 e. The summed E-state index contributed by atoms with van der Waals surface area (Å²) in [7, 11) is 0. The molecule has 0 bridgehead atoms. The van der Waals surface area contributed by atoms with E-state index in [1.807, 2.05) is 19.9 Å². The first-order valence-electron chi connectivity index (χ1n) is 5.50. The van der Waals surface area contributed by atoms with Gasteiger partial charge < -0.3 is 5.32 Å². The Morgan fingerprint density at radius 1 is 1.50 bits per heavy atom. The molecule has 0 radical (unpaired) electrons. The molecule has 94 valence electrons. The van der Waals surface area contributed by atoms with Gasteiger partial charge in [-0.2, -0.15) is 5.10 Å². The Balaban J connectivity index is 2.10. The van der Waals surface area contributed by atoms with Crippen LogP contribution in [0.1, 0.15) is 34.7 Å². The SMILES string of the molecule is Cc1ccc(C(=O)NC(C)c2ncn[nH]2)cc1Br. The number of aromatic nitrogens is 3. The number of nitrogens with one attached hydrogen (secondary N) is 2. The molecule has 1 aromatic heterocycles. The van der Waals surface area contributed by atoms with Crippen LogP contribution in [-0.4, -0.2) is 21.1 Å². The van der Waals surface area contributed by atoms with Gasteiger partial charge in [-0.15, -0.1) is 0 Å². The molecule has 6 heteroatoms. The van der Waals surface area contributed by atoms with E-state index < -0.39 is 0 Å². The summed E-state index contributed by atoms with van der Waals surface area (Å²) in [6.45, 7) is 3.82. The molecule has 2 aromatic rings. The molecule has 0 saturated heterocycles. The molecule has 1 aromatic carbocycles. The van der Waals surface area contributed by atoms with Crippen molar-refractivity contribution in [3.8, 4) is 0 Å². The van der Waals surface area contributed by atoms with Crippen molar-refractivity contribution < 1.29 is 4.79 Å². The van der Waals surface area contributed by atoms with E-state index in [9.17, 15) is 4.79 Å². The summed E-state index contributed by atoms with van der Waals surface area (Å²) < 4.78 is 0.919. The lowest BCUT2D eigenvalue weighted by molar-refractivity contribution is 0.0938. The van der Waals surface area contributed by atoms with E-state index in [0.717, 1.165) is 10.0 Å². The summed E-state index contributed by atoms with van der Waals surface area (Å²) in [5.74, 6) is 0.495. The largest absolute Gasteiger partial charge is 0.342 e. The minimum Gasteiger partial charge on any atom is -0.342 e. The summed E-state index contributed by atoms with van der Waals surface area (Å²) in [6.07, 6.45) is 1.42. The highest BCUT2D eigenvalue weighted by Crippen LogP contribution is 2.18. The predicted molar refractivity (Wildman–Crippen MR) is 71.1 cm³/mol. The summed E-state index contributed by atoms with van der Waals surface area (Å²) in [5, 5.41) is 9.33. The van der Waals surface area contributed by atoms with Crippen LogP contribution in [0.3, 0.4) is 0 Å². The van der Waals surface area contributed by atoms with E-state index in [4.69, 9.17) is 0 Å². The third-order valence-corrected chi connectivity index (χ3v) is 3.48. The number of benzene rings is 1. The lowest BCUT2D eigenvalue weighted by Gasteiger charge is -2.11. The van der Waals surface area contributed by atoms with E-state index in [1.165, 1.54) is 6.33 Å². The monoisotopic (exact) mass is 308 g/mol. The molecule has 1 atom stereocenters. The van der Waals surface area contributed by atoms with Crippen LogP contribution < -0.4 is 5.32 Å². The van der Waals surface area contributed by atoms with Gasteiger partial charge in [0.2, 0.25) is 0 Å². The Bertz CT molecular complexity index is 553. The van der Waals surface area contributed by atoms with Crippen LogP contribution in [0.15, 0.2) is 29.0 Å². The van der Waals surface area contributed by atoms with E-state index in [1.54, 1.807) is 12.1 Å². The Hall–Kier alpha value is -1.69. The number of hydrogen-bond donors (Lipinski definition) is 2. The normalized spacial score (nSPS) is 12.2. The second-order valence-electron chi connectivity index (χ2n) is 4.03. The van der Waals surface area contributed by atoms with Crippen molar-refractivity contribution in [2.45, 2.75) is 19.9 Å². The zero-order valence-electron chi connectivity index (χ0n) is 10.1. The number of carbonyl (C=O) groups excluding carboxylic acids is 1. The molecule has 0 spiro atoms.